The summed E-state index contributed by atoms with van der Waals surface area (Å²) >= 11 is 1.67. The van der Waals surface area contributed by atoms with Crippen molar-refractivity contribution >= 4 is 23.1 Å². The summed E-state index contributed by atoms with van der Waals surface area (Å²) in [7, 11) is 0. The van der Waals surface area contributed by atoms with E-state index in [2.05, 4.69) is 47.3 Å². The number of thiophene rings is 1. The minimum Gasteiger partial charge on any atom is -0.296 e. The van der Waals surface area contributed by atoms with Crippen LogP contribution in [0, 0.1) is 17.3 Å². The lowest BCUT2D eigenvalue weighted by molar-refractivity contribution is -0.130. The smallest absolute Gasteiger partial charge is 0.229 e. The van der Waals surface area contributed by atoms with E-state index in [9.17, 15) is 4.79 Å². The van der Waals surface area contributed by atoms with Crippen molar-refractivity contribution in [1.29, 1.82) is 5.41 Å². The fraction of sp³-hybridized carbons (Fsp3) is 0.240. The SMILES string of the molecule is CC#Cc1cccc(-c2csc([C@@]3(C)CC(=N)N(Cc4ccncc4)C(=O)C3)c2)c1. The van der Waals surface area contributed by atoms with Crippen molar-refractivity contribution in [3.8, 4) is 23.0 Å². The second-order valence-electron chi connectivity index (χ2n) is 7.85. The third kappa shape index (κ3) is 4.05. The van der Waals surface area contributed by atoms with Gasteiger partial charge in [0.05, 0.1) is 6.54 Å². The van der Waals surface area contributed by atoms with Crippen molar-refractivity contribution in [1.82, 2.24) is 9.88 Å². The summed E-state index contributed by atoms with van der Waals surface area (Å²) in [4.78, 5) is 19.7. The lowest BCUT2D eigenvalue weighted by Gasteiger charge is -2.38. The number of amides is 1. The van der Waals surface area contributed by atoms with Crippen LogP contribution in [0.25, 0.3) is 11.1 Å². The van der Waals surface area contributed by atoms with E-state index in [0.717, 1.165) is 27.1 Å². The van der Waals surface area contributed by atoms with Gasteiger partial charge in [-0.2, -0.15) is 0 Å². The Bertz CT molecular complexity index is 1140. The first kappa shape index (κ1) is 20.1. The molecule has 1 fully saturated rings. The minimum absolute atomic E-state index is 0.000676. The molecule has 3 heterocycles. The van der Waals surface area contributed by atoms with E-state index in [1.165, 1.54) is 0 Å². The van der Waals surface area contributed by atoms with Gasteiger partial charge in [0, 0.05) is 41.1 Å². The summed E-state index contributed by atoms with van der Waals surface area (Å²) in [5, 5.41) is 10.7. The number of pyridine rings is 1. The molecule has 1 amide bonds. The Labute approximate surface area is 181 Å². The van der Waals surface area contributed by atoms with Gasteiger partial charge < -0.3 is 0 Å². The number of carbonyl (C=O) groups excluding carboxylic acids is 1. The monoisotopic (exact) mass is 413 g/mol. The van der Waals surface area contributed by atoms with Crippen molar-refractivity contribution in [2.24, 2.45) is 0 Å². The Morgan fingerprint density at radius 3 is 2.70 bits per heavy atom. The van der Waals surface area contributed by atoms with Crippen LogP contribution in [-0.2, 0) is 16.8 Å². The van der Waals surface area contributed by atoms with Crippen molar-refractivity contribution in [3.63, 3.8) is 0 Å². The number of aromatic nitrogens is 1. The number of hydrogen-bond donors (Lipinski definition) is 1. The number of rotatable bonds is 4. The van der Waals surface area contributed by atoms with Gasteiger partial charge in [0.25, 0.3) is 0 Å². The van der Waals surface area contributed by atoms with Gasteiger partial charge in [0.15, 0.2) is 0 Å². The zero-order valence-electron chi connectivity index (χ0n) is 17.1. The molecule has 0 saturated carbocycles. The topological polar surface area (TPSA) is 57.1 Å². The molecule has 1 aromatic carbocycles. The van der Waals surface area contributed by atoms with Gasteiger partial charge in [0.1, 0.15) is 5.84 Å². The maximum absolute atomic E-state index is 13.0. The maximum atomic E-state index is 13.0. The third-order valence-electron chi connectivity index (χ3n) is 5.48. The average Bonchev–Trinajstić information content (AvgIpc) is 3.23. The highest BCUT2D eigenvalue weighted by atomic mass is 32.1. The van der Waals surface area contributed by atoms with Crippen molar-refractivity contribution in [3.05, 3.63) is 76.2 Å². The zero-order chi connectivity index (χ0) is 21.1. The van der Waals surface area contributed by atoms with Gasteiger partial charge in [-0.3, -0.25) is 20.1 Å². The second kappa shape index (κ2) is 8.25. The molecule has 0 radical (unpaired) electrons. The quantitative estimate of drug-likeness (QED) is 0.595. The fourth-order valence-corrected chi connectivity index (χ4v) is 4.94. The molecule has 150 valence electrons. The molecule has 3 aromatic rings. The van der Waals surface area contributed by atoms with Crippen molar-refractivity contribution in [2.45, 2.75) is 38.6 Å². The Hall–Kier alpha value is -3.23. The second-order valence-corrected chi connectivity index (χ2v) is 8.76. The van der Waals surface area contributed by atoms with Crippen LogP contribution in [0.3, 0.4) is 0 Å². The van der Waals surface area contributed by atoms with Crippen molar-refractivity contribution < 1.29 is 4.79 Å². The van der Waals surface area contributed by atoms with Gasteiger partial charge in [-0.15, -0.1) is 17.3 Å². The number of hydrogen-bond acceptors (Lipinski definition) is 4. The molecule has 30 heavy (non-hydrogen) atoms. The number of carbonyl (C=O) groups is 1. The van der Waals surface area contributed by atoms with E-state index in [0.29, 0.717) is 25.2 Å². The number of benzene rings is 1. The lowest BCUT2D eigenvalue weighted by atomic mass is 9.77. The zero-order valence-corrected chi connectivity index (χ0v) is 17.9. The first-order valence-corrected chi connectivity index (χ1v) is 10.8. The average molecular weight is 414 g/mol. The van der Waals surface area contributed by atoms with Crippen LogP contribution in [0.5, 0.6) is 0 Å². The highest BCUT2D eigenvalue weighted by Crippen LogP contribution is 2.41. The van der Waals surface area contributed by atoms with E-state index in [1.54, 1.807) is 28.6 Å². The minimum atomic E-state index is -0.355. The van der Waals surface area contributed by atoms with Crippen LogP contribution < -0.4 is 0 Å². The Kier molecular flexibility index (Phi) is 5.52. The molecule has 1 aliphatic rings. The van der Waals surface area contributed by atoms with Crippen LogP contribution in [0.4, 0.5) is 0 Å². The summed E-state index contributed by atoms with van der Waals surface area (Å²) in [6, 6.07) is 14.1. The van der Waals surface area contributed by atoms with Crippen LogP contribution in [0.2, 0.25) is 0 Å². The summed E-state index contributed by atoms with van der Waals surface area (Å²) in [5.41, 5.74) is 3.88. The molecule has 4 nitrogen and oxygen atoms in total. The molecule has 1 saturated heterocycles. The van der Waals surface area contributed by atoms with E-state index in [-0.39, 0.29) is 11.3 Å². The first-order chi connectivity index (χ1) is 14.5. The third-order valence-corrected chi connectivity index (χ3v) is 6.71. The Morgan fingerprint density at radius 2 is 1.97 bits per heavy atom. The summed E-state index contributed by atoms with van der Waals surface area (Å²) < 4.78 is 0. The van der Waals surface area contributed by atoms with Crippen LogP contribution in [-0.4, -0.2) is 21.6 Å². The molecular weight excluding hydrogens is 390 g/mol. The summed E-state index contributed by atoms with van der Waals surface area (Å²) in [6.45, 7) is 4.36. The number of likely N-dealkylation sites (tertiary alicyclic amines) is 1. The predicted molar refractivity (Wildman–Crippen MR) is 121 cm³/mol. The molecule has 1 aliphatic heterocycles. The summed E-state index contributed by atoms with van der Waals surface area (Å²) in [6.07, 6.45) is 4.38. The van der Waals surface area contributed by atoms with E-state index < -0.39 is 0 Å². The Morgan fingerprint density at radius 1 is 1.17 bits per heavy atom. The van der Waals surface area contributed by atoms with E-state index in [4.69, 9.17) is 5.41 Å². The highest BCUT2D eigenvalue weighted by molar-refractivity contribution is 7.10. The van der Waals surface area contributed by atoms with Gasteiger partial charge in [0.2, 0.25) is 5.91 Å². The molecule has 0 spiro atoms. The molecule has 0 bridgehead atoms. The fourth-order valence-electron chi connectivity index (χ4n) is 3.86. The van der Waals surface area contributed by atoms with Crippen LogP contribution in [0.15, 0.2) is 60.2 Å². The molecule has 0 aliphatic carbocycles. The normalized spacial score (nSPS) is 18.8. The molecule has 2 aromatic heterocycles. The molecule has 5 heteroatoms. The highest BCUT2D eigenvalue weighted by Gasteiger charge is 2.40. The maximum Gasteiger partial charge on any atom is 0.229 e. The van der Waals surface area contributed by atoms with Gasteiger partial charge in [-0.05, 0) is 59.3 Å². The van der Waals surface area contributed by atoms with Gasteiger partial charge in [-0.25, -0.2) is 0 Å². The number of amidine groups is 1. The lowest BCUT2D eigenvalue weighted by Crippen LogP contribution is -2.47. The summed E-state index contributed by atoms with van der Waals surface area (Å²) in [5.74, 6) is 6.42. The van der Waals surface area contributed by atoms with Gasteiger partial charge in [-0.1, -0.05) is 25.0 Å². The Balaban J connectivity index is 1.55. The number of piperidine rings is 1. The largest absolute Gasteiger partial charge is 0.296 e. The standard InChI is InChI=1S/C25H23N3OS/c1-3-5-18-6-4-7-20(12-18)21-13-22(30-17-21)25(2)14-23(26)28(24(29)15-25)16-19-8-10-27-11-9-19/h4,6-13,17,26H,14-16H2,1-2H3/t25-/m0/s1. The molecule has 0 unspecified atom stereocenters. The molecule has 1 N–H and O–H groups in total. The van der Waals surface area contributed by atoms with Crippen LogP contribution >= 0.6 is 11.3 Å². The molecular formula is C25H23N3OS. The number of nitrogens with zero attached hydrogens (tertiary/aromatic N) is 2. The van der Waals surface area contributed by atoms with Crippen molar-refractivity contribution in [2.75, 3.05) is 0 Å². The van der Waals surface area contributed by atoms with Crippen LogP contribution in [0.1, 0.15) is 42.7 Å². The molecule has 4 rings (SSSR count). The van der Waals surface area contributed by atoms with Gasteiger partial charge >= 0.3 is 0 Å². The van der Waals surface area contributed by atoms with E-state index in [1.807, 2.05) is 31.2 Å². The molecule has 1 atom stereocenters. The predicted octanol–water partition coefficient (Wildman–Crippen LogP) is 5.24. The number of nitrogens with one attached hydrogen (secondary N) is 1. The van der Waals surface area contributed by atoms with E-state index >= 15 is 0 Å². The first-order valence-electron chi connectivity index (χ1n) is 9.87.